The van der Waals surface area contributed by atoms with Gasteiger partial charge in [-0.05, 0) is 18.8 Å². The number of nitrogens with two attached hydrogens (primary N) is 1. The summed E-state index contributed by atoms with van der Waals surface area (Å²) in [6.07, 6.45) is 2.36. The molecule has 0 saturated heterocycles. The summed E-state index contributed by atoms with van der Waals surface area (Å²) < 4.78 is 0. The van der Waals surface area contributed by atoms with Crippen LogP contribution < -0.4 is 5.73 Å². The molecule has 0 bridgehead atoms. The maximum absolute atomic E-state index is 11.2. The Balaban J connectivity index is 0. The number of hydrogen-bond acceptors (Lipinski definition) is 2. The third-order valence-corrected chi connectivity index (χ3v) is 1.64. The minimum atomic E-state index is -0.227. The molecule has 0 amide bonds. The number of halogens is 1. The van der Waals surface area contributed by atoms with Crippen molar-refractivity contribution < 1.29 is 4.79 Å². The molecule has 2 nitrogen and oxygen atoms in total. The Morgan fingerprint density at radius 3 is 2.25 bits per heavy atom. The van der Waals surface area contributed by atoms with Gasteiger partial charge in [-0.2, -0.15) is 0 Å². The zero-order chi connectivity index (χ0) is 8.85. The number of ketones is 1. The summed E-state index contributed by atoms with van der Waals surface area (Å²) in [5, 5.41) is 0. The third kappa shape index (κ3) is 6.62. The van der Waals surface area contributed by atoms with Crippen molar-refractivity contribution >= 4 is 18.2 Å². The van der Waals surface area contributed by atoms with Crippen LogP contribution in [0.4, 0.5) is 0 Å². The maximum atomic E-state index is 11.2. The summed E-state index contributed by atoms with van der Waals surface area (Å²) in [5.74, 6) is 0.729. The van der Waals surface area contributed by atoms with E-state index >= 15 is 0 Å². The fourth-order valence-electron chi connectivity index (χ4n) is 1.07. The molecule has 0 aliphatic carbocycles. The molecule has 0 aromatic rings. The number of hydrogen-bond donors (Lipinski definition) is 1. The van der Waals surface area contributed by atoms with Crippen molar-refractivity contribution in [1.82, 2.24) is 0 Å². The molecule has 0 heterocycles. The molecule has 12 heavy (non-hydrogen) atoms. The number of rotatable bonds is 5. The first-order valence-electron chi connectivity index (χ1n) is 4.36. The van der Waals surface area contributed by atoms with E-state index in [-0.39, 0.29) is 24.2 Å². The molecule has 0 saturated carbocycles. The molecule has 1 unspecified atom stereocenters. The molecular weight excluding hydrogens is 174 g/mol. The first kappa shape index (κ1) is 14.4. The van der Waals surface area contributed by atoms with Crippen LogP contribution >= 0.6 is 12.4 Å². The van der Waals surface area contributed by atoms with Crippen molar-refractivity contribution in [1.29, 1.82) is 0 Å². The zero-order valence-electron chi connectivity index (χ0n) is 8.17. The van der Waals surface area contributed by atoms with E-state index in [2.05, 4.69) is 13.8 Å². The summed E-state index contributed by atoms with van der Waals surface area (Å²) in [6, 6.07) is -0.227. The van der Waals surface area contributed by atoms with Crippen LogP contribution in [0.25, 0.3) is 0 Å². The monoisotopic (exact) mass is 193 g/mol. The summed E-state index contributed by atoms with van der Waals surface area (Å²) in [6.45, 7) is 6.16. The molecule has 0 aromatic carbocycles. The predicted molar refractivity (Wildman–Crippen MR) is 54.6 cm³/mol. The largest absolute Gasteiger partial charge is 0.322 e. The van der Waals surface area contributed by atoms with Crippen LogP contribution in [0.3, 0.4) is 0 Å². The maximum Gasteiger partial charge on any atom is 0.149 e. The highest BCUT2D eigenvalue weighted by atomic mass is 35.5. The van der Waals surface area contributed by atoms with Crippen molar-refractivity contribution in [2.24, 2.45) is 11.7 Å². The quantitative estimate of drug-likeness (QED) is 0.727. The zero-order valence-corrected chi connectivity index (χ0v) is 8.99. The number of carbonyl (C=O) groups is 1. The van der Waals surface area contributed by atoms with E-state index in [0.29, 0.717) is 12.3 Å². The highest BCUT2D eigenvalue weighted by Gasteiger charge is 2.12. The standard InChI is InChI=1S/C9H19NO.ClH/c1-4-5-9(11)8(10)6-7(2)3;/h7-8H,4-6,10H2,1-3H3;1H. The van der Waals surface area contributed by atoms with Crippen LogP contribution in [-0.4, -0.2) is 11.8 Å². The topological polar surface area (TPSA) is 43.1 Å². The molecule has 74 valence electrons. The second-order valence-corrected chi connectivity index (χ2v) is 3.45. The Hall–Kier alpha value is -0.0800. The Bertz CT molecular complexity index is 126. The minimum Gasteiger partial charge on any atom is -0.322 e. The van der Waals surface area contributed by atoms with Gasteiger partial charge in [0.15, 0.2) is 0 Å². The Labute approximate surface area is 81.3 Å². The van der Waals surface area contributed by atoms with Gasteiger partial charge < -0.3 is 5.73 Å². The third-order valence-electron chi connectivity index (χ3n) is 1.64. The Morgan fingerprint density at radius 1 is 1.42 bits per heavy atom. The molecule has 0 aromatic heterocycles. The first-order valence-corrected chi connectivity index (χ1v) is 4.36. The smallest absolute Gasteiger partial charge is 0.149 e. The molecule has 1 atom stereocenters. The second kappa shape index (κ2) is 7.56. The molecule has 0 rings (SSSR count). The molecule has 3 heteroatoms. The van der Waals surface area contributed by atoms with Gasteiger partial charge in [0, 0.05) is 6.42 Å². The molecule has 2 N–H and O–H groups in total. The SMILES string of the molecule is CCCC(=O)C(N)CC(C)C.Cl. The van der Waals surface area contributed by atoms with E-state index in [4.69, 9.17) is 5.73 Å². The van der Waals surface area contributed by atoms with Gasteiger partial charge in [-0.25, -0.2) is 0 Å². The van der Waals surface area contributed by atoms with E-state index in [1.807, 2.05) is 6.92 Å². The highest BCUT2D eigenvalue weighted by molar-refractivity contribution is 5.85. The van der Waals surface area contributed by atoms with Crippen molar-refractivity contribution in [3.8, 4) is 0 Å². The minimum absolute atomic E-state index is 0. The fraction of sp³-hybridized carbons (Fsp3) is 0.889. The van der Waals surface area contributed by atoms with Gasteiger partial charge >= 0.3 is 0 Å². The van der Waals surface area contributed by atoms with Crippen LogP contribution in [0.5, 0.6) is 0 Å². The lowest BCUT2D eigenvalue weighted by atomic mass is 9.99. The van der Waals surface area contributed by atoms with Crippen LogP contribution in [0.15, 0.2) is 0 Å². The highest BCUT2D eigenvalue weighted by Crippen LogP contribution is 2.05. The lowest BCUT2D eigenvalue weighted by Gasteiger charge is -2.11. The first-order chi connectivity index (χ1) is 5.07. The van der Waals surface area contributed by atoms with Gasteiger partial charge in [-0.15, -0.1) is 12.4 Å². The number of carbonyl (C=O) groups excluding carboxylic acids is 1. The van der Waals surface area contributed by atoms with Crippen molar-refractivity contribution in [2.75, 3.05) is 0 Å². The molecular formula is C9H20ClNO. The predicted octanol–water partition coefficient (Wildman–Crippen LogP) is 2.15. The van der Waals surface area contributed by atoms with Crippen molar-refractivity contribution in [3.05, 3.63) is 0 Å². The fourth-order valence-corrected chi connectivity index (χ4v) is 1.07. The van der Waals surface area contributed by atoms with Gasteiger partial charge in [0.05, 0.1) is 6.04 Å². The van der Waals surface area contributed by atoms with Crippen LogP contribution in [-0.2, 0) is 4.79 Å². The van der Waals surface area contributed by atoms with Crippen molar-refractivity contribution in [3.63, 3.8) is 0 Å². The summed E-state index contributed by atoms with van der Waals surface area (Å²) >= 11 is 0. The Morgan fingerprint density at radius 2 is 1.92 bits per heavy atom. The molecule has 0 aliphatic heterocycles. The summed E-state index contributed by atoms with van der Waals surface area (Å²) in [5.41, 5.74) is 5.65. The average molecular weight is 194 g/mol. The lowest BCUT2D eigenvalue weighted by molar-refractivity contribution is -0.120. The molecule has 0 spiro atoms. The van der Waals surface area contributed by atoms with E-state index in [1.165, 1.54) is 0 Å². The normalized spacial score (nSPS) is 12.4. The van der Waals surface area contributed by atoms with E-state index < -0.39 is 0 Å². The van der Waals surface area contributed by atoms with Gasteiger partial charge in [0.25, 0.3) is 0 Å². The van der Waals surface area contributed by atoms with Gasteiger partial charge in [0.2, 0.25) is 0 Å². The van der Waals surface area contributed by atoms with Crippen LogP contribution in [0.1, 0.15) is 40.0 Å². The second-order valence-electron chi connectivity index (χ2n) is 3.45. The lowest BCUT2D eigenvalue weighted by Crippen LogP contribution is -2.31. The summed E-state index contributed by atoms with van der Waals surface area (Å²) in [4.78, 5) is 11.2. The van der Waals surface area contributed by atoms with Crippen LogP contribution in [0, 0.1) is 5.92 Å². The molecule has 0 radical (unpaired) electrons. The number of Topliss-reactive ketones (excluding diaryl/α,β-unsaturated/α-hetero) is 1. The van der Waals surface area contributed by atoms with Gasteiger partial charge in [0.1, 0.15) is 5.78 Å². The van der Waals surface area contributed by atoms with E-state index in [1.54, 1.807) is 0 Å². The Kier molecular flexibility index (Phi) is 9.10. The van der Waals surface area contributed by atoms with Crippen molar-refractivity contribution in [2.45, 2.75) is 46.1 Å². The summed E-state index contributed by atoms with van der Waals surface area (Å²) in [7, 11) is 0. The van der Waals surface area contributed by atoms with Gasteiger partial charge in [-0.3, -0.25) is 4.79 Å². The van der Waals surface area contributed by atoms with Gasteiger partial charge in [-0.1, -0.05) is 20.8 Å². The molecule has 0 aliphatic rings. The van der Waals surface area contributed by atoms with E-state index in [0.717, 1.165) is 12.8 Å². The van der Waals surface area contributed by atoms with Crippen LogP contribution in [0.2, 0.25) is 0 Å². The van der Waals surface area contributed by atoms with E-state index in [9.17, 15) is 4.79 Å². The average Bonchev–Trinajstić information content (AvgIpc) is 1.86. The molecule has 0 fully saturated rings.